The summed E-state index contributed by atoms with van der Waals surface area (Å²) in [5.74, 6) is 1.63. The van der Waals surface area contributed by atoms with Crippen molar-refractivity contribution in [1.29, 1.82) is 0 Å². The monoisotopic (exact) mass is 199 g/mol. The number of nitrogens with zero attached hydrogens (tertiary/aromatic N) is 1. The zero-order valence-electron chi connectivity index (χ0n) is 8.40. The molecule has 0 spiro atoms. The minimum absolute atomic E-state index is 0.726. The smallest absolute Gasteiger partial charge is 0.152 e. The molecule has 1 aliphatic carbocycles. The van der Waals surface area contributed by atoms with Crippen LogP contribution in [-0.4, -0.2) is 10.2 Å². The van der Waals surface area contributed by atoms with E-state index in [9.17, 15) is 0 Å². The molecule has 2 aromatic rings. The Morgan fingerprint density at radius 2 is 2.00 bits per heavy atom. The van der Waals surface area contributed by atoms with Gasteiger partial charge in [0.15, 0.2) is 5.82 Å². The highest BCUT2D eigenvalue weighted by molar-refractivity contribution is 5.56. The number of H-pyrrole nitrogens is 1. The number of rotatable bonds is 3. The van der Waals surface area contributed by atoms with E-state index in [2.05, 4.69) is 21.6 Å². The van der Waals surface area contributed by atoms with Gasteiger partial charge in [-0.15, -0.1) is 0 Å². The number of hydrogen-bond donors (Lipinski definition) is 2. The van der Waals surface area contributed by atoms with Gasteiger partial charge in [0.1, 0.15) is 0 Å². The highest BCUT2D eigenvalue weighted by atomic mass is 15.2. The van der Waals surface area contributed by atoms with Crippen molar-refractivity contribution in [2.24, 2.45) is 0 Å². The molecule has 0 atom stereocenters. The van der Waals surface area contributed by atoms with E-state index < -0.39 is 0 Å². The van der Waals surface area contributed by atoms with Crippen molar-refractivity contribution in [2.45, 2.75) is 18.8 Å². The molecule has 3 heteroatoms. The largest absolute Gasteiger partial charge is 0.339 e. The Morgan fingerprint density at radius 1 is 1.20 bits per heavy atom. The van der Waals surface area contributed by atoms with Crippen molar-refractivity contribution in [2.75, 3.05) is 5.32 Å². The first-order valence-corrected chi connectivity index (χ1v) is 5.29. The van der Waals surface area contributed by atoms with Crippen molar-refractivity contribution in [3.8, 4) is 0 Å². The molecule has 0 radical (unpaired) electrons. The normalized spacial score (nSPS) is 15.2. The quantitative estimate of drug-likeness (QED) is 0.797. The van der Waals surface area contributed by atoms with Crippen LogP contribution in [0.5, 0.6) is 0 Å². The van der Waals surface area contributed by atoms with Gasteiger partial charge in [0.2, 0.25) is 0 Å². The molecule has 1 saturated carbocycles. The van der Waals surface area contributed by atoms with Crippen LogP contribution in [0.3, 0.4) is 0 Å². The molecule has 0 saturated heterocycles. The molecule has 0 amide bonds. The predicted molar refractivity (Wildman–Crippen MR) is 60.3 cm³/mol. The summed E-state index contributed by atoms with van der Waals surface area (Å²) < 4.78 is 0. The second-order valence-electron chi connectivity index (χ2n) is 3.97. The molecular formula is C12H13N3. The number of benzene rings is 1. The van der Waals surface area contributed by atoms with Crippen LogP contribution in [0.4, 0.5) is 11.5 Å². The molecule has 0 bridgehead atoms. The third-order valence-corrected chi connectivity index (χ3v) is 2.66. The Bertz CT molecular complexity index is 443. The van der Waals surface area contributed by atoms with E-state index in [-0.39, 0.29) is 0 Å². The van der Waals surface area contributed by atoms with Crippen LogP contribution in [0, 0.1) is 0 Å². The van der Waals surface area contributed by atoms with Crippen molar-refractivity contribution in [3.63, 3.8) is 0 Å². The average Bonchev–Trinajstić information content (AvgIpc) is 3.02. The highest BCUT2D eigenvalue weighted by Gasteiger charge is 2.25. The summed E-state index contributed by atoms with van der Waals surface area (Å²) in [6.45, 7) is 0. The SMILES string of the molecule is c1ccc(Nc2cc(C3CC3)[nH]n2)cc1. The van der Waals surface area contributed by atoms with Gasteiger partial charge in [0.05, 0.1) is 0 Å². The second kappa shape index (κ2) is 3.42. The van der Waals surface area contributed by atoms with E-state index in [4.69, 9.17) is 0 Å². The number of hydrogen-bond acceptors (Lipinski definition) is 2. The molecule has 1 heterocycles. The average molecular weight is 199 g/mol. The zero-order chi connectivity index (χ0) is 10.1. The van der Waals surface area contributed by atoms with Gasteiger partial charge >= 0.3 is 0 Å². The summed E-state index contributed by atoms with van der Waals surface area (Å²) in [7, 11) is 0. The lowest BCUT2D eigenvalue weighted by molar-refractivity contribution is 0.967. The lowest BCUT2D eigenvalue weighted by atomic mass is 10.3. The van der Waals surface area contributed by atoms with E-state index in [1.807, 2.05) is 30.3 Å². The Hall–Kier alpha value is -1.77. The Morgan fingerprint density at radius 3 is 2.73 bits per heavy atom. The fourth-order valence-corrected chi connectivity index (χ4v) is 1.67. The third-order valence-electron chi connectivity index (χ3n) is 2.66. The maximum absolute atomic E-state index is 4.24. The Labute approximate surface area is 88.5 Å². The maximum atomic E-state index is 4.24. The van der Waals surface area contributed by atoms with Crippen LogP contribution >= 0.6 is 0 Å². The fraction of sp³-hybridized carbons (Fsp3) is 0.250. The highest BCUT2D eigenvalue weighted by Crippen LogP contribution is 2.39. The number of aromatic nitrogens is 2. The molecule has 0 aliphatic heterocycles. The first kappa shape index (κ1) is 8.53. The van der Waals surface area contributed by atoms with Crippen LogP contribution in [-0.2, 0) is 0 Å². The summed E-state index contributed by atoms with van der Waals surface area (Å²) in [4.78, 5) is 0. The van der Waals surface area contributed by atoms with Crippen molar-refractivity contribution >= 4 is 11.5 Å². The topological polar surface area (TPSA) is 40.7 Å². The van der Waals surface area contributed by atoms with Gasteiger partial charge in [-0.25, -0.2) is 0 Å². The van der Waals surface area contributed by atoms with Gasteiger partial charge < -0.3 is 5.32 Å². The molecule has 76 valence electrons. The molecule has 2 N–H and O–H groups in total. The van der Waals surface area contributed by atoms with E-state index >= 15 is 0 Å². The summed E-state index contributed by atoms with van der Waals surface area (Å²) >= 11 is 0. The lowest BCUT2D eigenvalue weighted by Crippen LogP contribution is -1.88. The molecule has 1 aromatic heterocycles. The van der Waals surface area contributed by atoms with Crippen LogP contribution in [0.1, 0.15) is 24.5 Å². The first-order valence-electron chi connectivity index (χ1n) is 5.29. The molecule has 1 fully saturated rings. The number of para-hydroxylation sites is 1. The first-order chi connectivity index (χ1) is 7.42. The molecule has 0 unspecified atom stereocenters. The van der Waals surface area contributed by atoms with Crippen molar-refractivity contribution in [1.82, 2.24) is 10.2 Å². The van der Waals surface area contributed by atoms with Crippen LogP contribution < -0.4 is 5.32 Å². The molecule has 15 heavy (non-hydrogen) atoms. The Balaban J connectivity index is 1.76. The second-order valence-corrected chi connectivity index (χ2v) is 3.97. The zero-order valence-corrected chi connectivity index (χ0v) is 8.40. The molecular weight excluding hydrogens is 186 g/mol. The van der Waals surface area contributed by atoms with Gasteiger partial charge in [-0.1, -0.05) is 18.2 Å². The van der Waals surface area contributed by atoms with E-state index in [1.54, 1.807) is 0 Å². The summed E-state index contributed by atoms with van der Waals surface area (Å²) in [6.07, 6.45) is 2.60. The van der Waals surface area contributed by atoms with Crippen molar-refractivity contribution < 1.29 is 0 Å². The summed E-state index contributed by atoms with van der Waals surface area (Å²) in [6, 6.07) is 12.2. The van der Waals surface area contributed by atoms with Gasteiger partial charge in [-0.3, -0.25) is 5.10 Å². The standard InChI is InChI=1S/C12H13N3/c1-2-4-10(5-3-1)13-12-8-11(14-15-12)9-6-7-9/h1-5,8-9H,6-7H2,(H2,13,14,15). The molecule has 1 aliphatic rings. The molecule has 3 rings (SSSR count). The van der Waals surface area contributed by atoms with E-state index in [1.165, 1.54) is 18.5 Å². The van der Waals surface area contributed by atoms with Crippen LogP contribution in [0.25, 0.3) is 0 Å². The van der Waals surface area contributed by atoms with Gasteiger partial charge in [0.25, 0.3) is 0 Å². The van der Waals surface area contributed by atoms with E-state index in [0.29, 0.717) is 0 Å². The fourth-order valence-electron chi connectivity index (χ4n) is 1.67. The number of anilines is 2. The lowest BCUT2D eigenvalue weighted by Gasteiger charge is -2.00. The minimum atomic E-state index is 0.726. The van der Waals surface area contributed by atoms with E-state index in [0.717, 1.165) is 17.4 Å². The van der Waals surface area contributed by atoms with Gasteiger partial charge in [-0.05, 0) is 25.0 Å². The Kier molecular flexibility index (Phi) is 1.95. The minimum Gasteiger partial charge on any atom is -0.339 e. The summed E-state index contributed by atoms with van der Waals surface area (Å²) in [5, 5.41) is 10.6. The predicted octanol–water partition coefficient (Wildman–Crippen LogP) is 3.03. The molecule has 1 aromatic carbocycles. The van der Waals surface area contributed by atoms with Crippen LogP contribution in [0.15, 0.2) is 36.4 Å². The molecule has 3 nitrogen and oxygen atoms in total. The summed E-state index contributed by atoms with van der Waals surface area (Å²) in [5.41, 5.74) is 2.33. The van der Waals surface area contributed by atoms with Crippen molar-refractivity contribution in [3.05, 3.63) is 42.1 Å². The number of nitrogens with one attached hydrogen (secondary N) is 2. The van der Waals surface area contributed by atoms with Crippen LogP contribution in [0.2, 0.25) is 0 Å². The third kappa shape index (κ3) is 1.86. The number of aromatic amines is 1. The van der Waals surface area contributed by atoms with Gasteiger partial charge in [0, 0.05) is 23.4 Å². The maximum Gasteiger partial charge on any atom is 0.152 e. The van der Waals surface area contributed by atoms with Gasteiger partial charge in [-0.2, -0.15) is 5.10 Å².